The zero-order valence-electron chi connectivity index (χ0n) is 18.9. The molecule has 3 heterocycles. The van der Waals surface area contributed by atoms with Crippen molar-refractivity contribution in [2.45, 2.75) is 25.3 Å². The molecule has 2 aromatic heterocycles. The highest BCUT2D eigenvalue weighted by Crippen LogP contribution is 2.40. The third-order valence-corrected chi connectivity index (χ3v) is 6.81. The van der Waals surface area contributed by atoms with Crippen LogP contribution in [-0.4, -0.2) is 38.6 Å². The van der Waals surface area contributed by atoms with Gasteiger partial charge < -0.3 is 15.2 Å². The number of nitrogens with two attached hydrogens (primary N) is 1. The van der Waals surface area contributed by atoms with Gasteiger partial charge in [0.15, 0.2) is 0 Å². The summed E-state index contributed by atoms with van der Waals surface area (Å²) in [6.45, 7) is 1.69. The number of benzene rings is 2. The van der Waals surface area contributed by atoms with Crippen LogP contribution in [0.2, 0.25) is 0 Å². The molecule has 0 spiro atoms. The molecule has 1 aliphatic carbocycles. The van der Waals surface area contributed by atoms with E-state index < -0.39 is 5.82 Å². The van der Waals surface area contributed by atoms with Crippen LogP contribution in [0.4, 0.5) is 20.7 Å². The van der Waals surface area contributed by atoms with Gasteiger partial charge in [0, 0.05) is 49.7 Å². The molecule has 4 aromatic rings. The van der Waals surface area contributed by atoms with Crippen LogP contribution >= 0.6 is 0 Å². The Hall–Kier alpha value is -3.94. The van der Waals surface area contributed by atoms with Crippen molar-refractivity contribution in [1.82, 2.24) is 19.4 Å². The first kappa shape index (κ1) is 20.7. The molecule has 0 unspecified atom stereocenters. The number of urea groups is 1. The second-order valence-corrected chi connectivity index (χ2v) is 9.15. The normalized spacial score (nSPS) is 16.1. The summed E-state index contributed by atoms with van der Waals surface area (Å²) in [6.07, 6.45) is 5.69. The number of aromatic nitrogens is 3. The lowest BCUT2D eigenvalue weighted by molar-refractivity contribution is 0.219. The Morgan fingerprint density at radius 2 is 1.94 bits per heavy atom. The van der Waals surface area contributed by atoms with Gasteiger partial charge in [0.2, 0.25) is 0 Å². The van der Waals surface area contributed by atoms with Gasteiger partial charge in [-0.3, -0.25) is 4.90 Å². The summed E-state index contributed by atoms with van der Waals surface area (Å²) in [4.78, 5) is 24.9. The molecule has 6 rings (SSSR count). The first-order valence-electron chi connectivity index (χ1n) is 11.5. The fraction of sp³-hybridized carbons (Fsp3) is 0.269. The minimum atomic E-state index is -0.420. The van der Waals surface area contributed by atoms with Crippen LogP contribution < -0.4 is 10.6 Å². The fourth-order valence-corrected chi connectivity index (χ4v) is 4.88. The van der Waals surface area contributed by atoms with Crippen molar-refractivity contribution in [3.8, 4) is 11.1 Å². The predicted octanol–water partition coefficient (Wildman–Crippen LogP) is 4.68. The average Bonchev–Trinajstić information content (AvgIpc) is 3.55. The van der Waals surface area contributed by atoms with Gasteiger partial charge in [-0.15, -0.1) is 0 Å². The number of rotatable bonds is 5. The highest BCUT2D eigenvalue weighted by atomic mass is 19.1. The summed E-state index contributed by atoms with van der Waals surface area (Å²) in [7, 11) is 1.84. The number of nitrogen functional groups attached to an aromatic ring is 1. The van der Waals surface area contributed by atoms with E-state index in [1.807, 2.05) is 11.9 Å². The van der Waals surface area contributed by atoms with Gasteiger partial charge in [0.05, 0.1) is 5.39 Å². The van der Waals surface area contributed by atoms with Crippen LogP contribution in [0.5, 0.6) is 0 Å². The number of amides is 2. The number of hydrogen-bond acceptors (Lipinski definition) is 4. The van der Waals surface area contributed by atoms with E-state index in [9.17, 15) is 4.79 Å². The Morgan fingerprint density at radius 3 is 2.74 bits per heavy atom. The van der Waals surface area contributed by atoms with E-state index >= 15 is 4.39 Å². The fourth-order valence-electron chi connectivity index (χ4n) is 4.88. The second kappa shape index (κ2) is 7.83. The number of halogens is 1. The first-order valence-corrected chi connectivity index (χ1v) is 11.5. The van der Waals surface area contributed by atoms with E-state index in [0.29, 0.717) is 59.2 Å². The summed E-state index contributed by atoms with van der Waals surface area (Å²) >= 11 is 0. The number of aryl methyl sites for hydroxylation is 1. The molecule has 7 nitrogen and oxygen atoms in total. The van der Waals surface area contributed by atoms with Crippen molar-refractivity contribution < 1.29 is 9.18 Å². The Balaban J connectivity index is 1.25. The van der Waals surface area contributed by atoms with Gasteiger partial charge in [-0.1, -0.05) is 24.3 Å². The van der Waals surface area contributed by atoms with E-state index in [-0.39, 0.29) is 6.03 Å². The van der Waals surface area contributed by atoms with Crippen LogP contribution in [0, 0.1) is 5.82 Å². The first-order chi connectivity index (χ1) is 16.5. The Bertz CT molecular complexity index is 1430. The molecule has 0 bridgehead atoms. The van der Waals surface area contributed by atoms with Gasteiger partial charge in [-0.25, -0.2) is 19.2 Å². The molecule has 172 valence electrons. The van der Waals surface area contributed by atoms with Crippen LogP contribution in [0.15, 0.2) is 55.0 Å². The smallest absolute Gasteiger partial charge is 0.324 e. The SMILES string of the molecule is Cn1cc(-c2ccc(N3CCN(Cc4cccc(C5CC5)c4)C3=O)cc2F)c2c(N)ncnc21. The zero-order valence-corrected chi connectivity index (χ0v) is 18.9. The monoisotopic (exact) mass is 456 g/mol. The van der Waals surface area contributed by atoms with Crippen LogP contribution in [-0.2, 0) is 13.6 Å². The maximum Gasteiger partial charge on any atom is 0.324 e. The minimum absolute atomic E-state index is 0.105. The van der Waals surface area contributed by atoms with Gasteiger partial charge >= 0.3 is 6.03 Å². The molecular weight excluding hydrogens is 431 g/mol. The predicted molar refractivity (Wildman–Crippen MR) is 130 cm³/mol. The lowest BCUT2D eigenvalue weighted by Gasteiger charge is -2.19. The van der Waals surface area contributed by atoms with Crippen molar-refractivity contribution in [2.75, 3.05) is 23.7 Å². The molecular formula is C26H25FN6O. The summed E-state index contributed by atoms with van der Waals surface area (Å²) in [5.41, 5.74) is 10.8. The third kappa shape index (κ3) is 3.46. The van der Waals surface area contributed by atoms with E-state index in [0.717, 1.165) is 5.56 Å². The Kier molecular flexibility index (Phi) is 4.76. The molecule has 0 radical (unpaired) electrons. The van der Waals surface area contributed by atoms with Gasteiger partial charge in [0.25, 0.3) is 0 Å². The molecule has 1 saturated carbocycles. The number of fused-ring (bicyclic) bond motifs is 1. The summed E-state index contributed by atoms with van der Waals surface area (Å²) in [5.74, 6) is 0.563. The van der Waals surface area contributed by atoms with Crippen molar-refractivity contribution in [3.63, 3.8) is 0 Å². The summed E-state index contributed by atoms with van der Waals surface area (Å²) in [5, 5.41) is 0.619. The maximum absolute atomic E-state index is 15.3. The topological polar surface area (TPSA) is 80.3 Å². The molecule has 34 heavy (non-hydrogen) atoms. The lowest BCUT2D eigenvalue weighted by Crippen LogP contribution is -2.31. The number of anilines is 2. The van der Waals surface area contributed by atoms with E-state index in [4.69, 9.17) is 5.73 Å². The van der Waals surface area contributed by atoms with Crippen LogP contribution in [0.3, 0.4) is 0 Å². The number of carbonyl (C=O) groups excluding carboxylic acids is 1. The number of nitrogens with zero attached hydrogens (tertiary/aromatic N) is 5. The molecule has 2 amide bonds. The van der Waals surface area contributed by atoms with Gasteiger partial charge in [-0.2, -0.15) is 0 Å². The van der Waals surface area contributed by atoms with Crippen molar-refractivity contribution >= 4 is 28.6 Å². The summed E-state index contributed by atoms with van der Waals surface area (Å²) in [6, 6.07) is 13.3. The highest BCUT2D eigenvalue weighted by Gasteiger charge is 2.31. The quantitative estimate of drug-likeness (QED) is 0.473. The largest absolute Gasteiger partial charge is 0.383 e. The lowest BCUT2D eigenvalue weighted by atomic mass is 10.0. The summed E-state index contributed by atoms with van der Waals surface area (Å²) < 4.78 is 17.1. The van der Waals surface area contributed by atoms with Crippen LogP contribution in [0.1, 0.15) is 29.9 Å². The molecule has 1 aliphatic heterocycles. The standard InChI is InChI=1S/C26H25FN6O/c1-31-14-21(23-24(28)29-15-30-25(23)31)20-8-7-19(12-22(20)27)33-10-9-32(26(33)34)13-16-3-2-4-18(11-16)17-5-6-17/h2-4,7-8,11-12,14-15,17H,5-6,9-10,13H2,1H3,(H2,28,29,30). The van der Waals surface area contributed by atoms with Crippen molar-refractivity contribution in [3.05, 3.63) is 71.9 Å². The Morgan fingerprint density at radius 1 is 1.09 bits per heavy atom. The molecule has 0 atom stereocenters. The van der Waals surface area contributed by atoms with E-state index in [2.05, 4.69) is 34.2 Å². The number of carbonyl (C=O) groups is 1. The molecule has 1 saturated heterocycles. The molecule has 8 heteroatoms. The highest BCUT2D eigenvalue weighted by molar-refractivity contribution is 6.01. The number of hydrogen-bond donors (Lipinski definition) is 1. The van der Waals surface area contributed by atoms with Gasteiger partial charge in [-0.05, 0) is 48.1 Å². The van der Waals surface area contributed by atoms with E-state index in [1.54, 1.807) is 27.8 Å². The Labute approximate surface area is 196 Å². The van der Waals surface area contributed by atoms with Crippen LogP contribution in [0.25, 0.3) is 22.2 Å². The zero-order chi connectivity index (χ0) is 23.4. The second-order valence-electron chi connectivity index (χ2n) is 9.15. The van der Waals surface area contributed by atoms with Crippen molar-refractivity contribution in [1.29, 1.82) is 0 Å². The molecule has 2 fully saturated rings. The third-order valence-electron chi connectivity index (χ3n) is 6.81. The molecule has 2 N–H and O–H groups in total. The maximum atomic E-state index is 15.3. The van der Waals surface area contributed by atoms with Crippen molar-refractivity contribution in [2.24, 2.45) is 7.05 Å². The molecule has 2 aromatic carbocycles. The molecule has 2 aliphatic rings. The average molecular weight is 457 g/mol. The van der Waals surface area contributed by atoms with Gasteiger partial charge in [0.1, 0.15) is 23.6 Å². The minimum Gasteiger partial charge on any atom is -0.383 e. The van der Waals surface area contributed by atoms with E-state index in [1.165, 1.54) is 30.8 Å².